The van der Waals surface area contributed by atoms with Gasteiger partial charge < -0.3 is 14.9 Å². The Balaban J connectivity index is 2.20. The average Bonchev–Trinajstić information content (AvgIpc) is 2.27. The Morgan fingerprint density at radius 1 is 1.29 bits per heavy atom. The highest BCUT2D eigenvalue weighted by molar-refractivity contribution is 5.38. The van der Waals surface area contributed by atoms with Gasteiger partial charge in [-0.1, -0.05) is 0 Å². The number of hydrogen-bond donors (Lipinski definition) is 2. The van der Waals surface area contributed by atoms with Crippen molar-refractivity contribution in [1.82, 2.24) is 4.90 Å². The van der Waals surface area contributed by atoms with Crippen molar-refractivity contribution in [1.29, 1.82) is 0 Å². The van der Waals surface area contributed by atoms with Gasteiger partial charge in [-0.3, -0.25) is 4.90 Å². The lowest BCUT2D eigenvalue weighted by atomic mass is 10.0. The molecular weight excluding hydrogens is 218 g/mol. The van der Waals surface area contributed by atoms with Crippen LogP contribution < -0.4 is 0 Å². The first-order valence-electron chi connectivity index (χ1n) is 5.94. The molecule has 1 aromatic carbocycles. The second kappa shape index (κ2) is 4.94. The Kier molecular flexibility index (Phi) is 3.54. The van der Waals surface area contributed by atoms with E-state index < -0.39 is 0 Å². The summed E-state index contributed by atoms with van der Waals surface area (Å²) < 4.78 is 5.41. The topological polar surface area (TPSA) is 52.9 Å². The molecule has 1 saturated heterocycles. The van der Waals surface area contributed by atoms with Crippen molar-refractivity contribution in [2.24, 2.45) is 0 Å². The number of rotatable bonds is 2. The minimum Gasteiger partial charge on any atom is -0.508 e. The third kappa shape index (κ3) is 2.70. The molecule has 0 bridgehead atoms. The summed E-state index contributed by atoms with van der Waals surface area (Å²) in [6.45, 7) is 6.54. The minimum atomic E-state index is 0.104. The standard InChI is InChI=1S/C13H19NO3/c1-9-8-17-4-3-14(9)10(2)11-5-12(15)7-13(16)6-11/h5-7,9-10,15-16H,3-4,8H2,1-2H3. The number of phenolic OH excluding ortho intramolecular Hbond substituents is 2. The second-order valence-electron chi connectivity index (χ2n) is 4.62. The number of morpholine rings is 1. The normalized spacial score (nSPS) is 23.5. The van der Waals surface area contributed by atoms with Crippen LogP contribution in [0.25, 0.3) is 0 Å². The van der Waals surface area contributed by atoms with E-state index in [2.05, 4.69) is 18.7 Å². The van der Waals surface area contributed by atoms with Crippen LogP contribution >= 0.6 is 0 Å². The van der Waals surface area contributed by atoms with E-state index in [4.69, 9.17) is 4.74 Å². The molecule has 2 atom stereocenters. The third-order valence-electron chi connectivity index (χ3n) is 3.32. The van der Waals surface area contributed by atoms with Crippen molar-refractivity contribution in [2.75, 3.05) is 19.8 Å². The van der Waals surface area contributed by atoms with Crippen LogP contribution in [-0.2, 0) is 4.74 Å². The van der Waals surface area contributed by atoms with Crippen molar-refractivity contribution in [3.05, 3.63) is 23.8 Å². The summed E-state index contributed by atoms with van der Waals surface area (Å²) in [5.41, 5.74) is 0.927. The molecule has 1 fully saturated rings. The number of nitrogens with zero attached hydrogens (tertiary/aromatic N) is 1. The van der Waals surface area contributed by atoms with Crippen LogP contribution in [0.15, 0.2) is 18.2 Å². The zero-order chi connectivity index (χ0) is 12.4. The Morgan fingerprint density at radius 3 is 2.53 bits per heavy atom. The lowest BCUT2D eigenvalue weighted by Crippen LogP contribution is -2.44. The molecule has 0 aromatic heterocycles. The van der Waals surface area contributed by atoms with Crippen LogP contribution in [0.1, 0.15) is 25.5 Å². The maximum absolute atomic E-state index is 9.50. The monoisotopic (exact) mass is 237 g/mol. The molecule has 17 heavy (non-hydrogen) atoms. The summed E-state index contributed by atoms with van der Waals surface area (Å²) in [7, 11) is 0. The van der Waals surface area contributed by atoms with Gasteiger partial charge in [-0.25, -0.2) is 0 Å². The maximum Gasteiger partial charge on any atom is 0.119 e. The van der Waals surface area contributed by atoms with E-state index in [9.17, 15) is 10.2 Å². The molecule has 94 valence electrons. The Bertz CT molecular complexity index is 374. The number of benzene rings is 1. The molecule has 0 aliphatic carbocycles. The average molecular weight is 237 g/mol. The van der Waals surface area contributed by atoms with Crippen molar-refractivity contribution in [2.45, 2.75) is 25.9 Å². The molecule has 1 aliphatic heterocycles. The van der Waals surface area contributed by atoms with Crippen LogP contribution in [0.4, 0.5) is 0 Å². The molecule has 1 heterocycles. The summed E-state index contributed by atoms with van der Waals surface area (Å²) in [5.74, 6) is 0.209. The van der Waals surface area contributed by atoms with E-state index >= 15 is 0 Å². The SMILES string of the molecule is CC1COCCN1C(C)c1cc(O)cc(O)c1. The van der Waals surface area contributed by atoms with Crippen LogP contribution in [0.3, 0.4) is 0 Å². The van der Waals surface area contributed by atoms with E-state index in [1.165, 1.54) is 6.07 Å². The summed E-state index contributed by atoms with van der Waals surface area (Å²) >= 11 is 0. The Hall–Kier alpha value is -1.26. The smallest absolute Gasteiger partial charge is 0.119 e. The molecule has 1 aliphatic rings. The van der Waals surface area contributed by atoms with Gasteiger partial charge in [0.1, 0.15) is 11.5 Å². The minimum absolute atomic E-state index is 0.104. The second-order valence-corrected chi connectivity index (χ2v) is 4.62. The highest BCUT2D eigenvalue weighted by atomic mass is 16.5. The van der Waals surface area contributed by atoms with E-state index in [1.807, 2.05) is 0 Å². The number of hydrogen-bond acceptors (Lipinski definition) is 4. The Morgan fingerprint density at radius 2 is 1.94 bits per heavy atom. The van der Waals surface area contributed by atoms with Crippen LogP contribution in [0.2, 0.25) is 0 Å². The molecule has 0 amide bonds. The summed E-state index contributed by atoms with van der Waals surface area (Å²) in [6, 6.07) is 5.26. The summed E-state index contributed by atoms with van der Waals surface area (Å²) in [6.07, 6.45) is 0. The third-order valence-corrected chi connectivity index (χ3v) is 3.32. The molecule has 2 unspecified atom stereocenters. The fraction of sp³-hybridized carbons (Fsp3) is 0.538. The molecule has 4 heteroatoms. The van der Waals surface area contributed by atoms with Gasteiger partial charge in [0.2, 0.25) is 0 Å². The predicted octanol–water partition coefficient (Wildman–Crippen LogP) is 1.88. The van der Waals surface area contributed by atoms with Crippen molar-refractivity contribution >= 4 is 0 Å². The highest BCUT2D eigenvalue weighted by Crippen LogP contribution is 2.29. The lowest BCUT2D eigenvalue weighted by Gasteiger charge is -2.38. The molecular formula is C13H19NO3. The van der Waals surface area contributed by atoms with Crippen LogP contribution in [-0.4, -0.2) is 40.9 Å². The van der Waals surface area contributed by atoms with E-state index in [0.29, 0.717) is 6.04 Å². The van der Waals surface area contributed by atoms with Crippen molar-refractivity contribution in [3.8, 4) is 11.5 Å². The zero-order valence-electron chi connectivity index (χ0n) is 10.3. The fourth-order valence-electron chi connectivity index (χ4n) is 2.37. The van der Waals surface area contributed by atoms with E-state index in [0.717, 1.165) is 25.3 Å². The Labute approximate surface area is 101 Å². The molecule has 0 saturated carbocycles. The first-order chi connectivity index (χ1) is 8.08. The summed E-state index contributed by atoms with van der Waals surface area (Å²) in [5, 5.41) is 19.0. The van der Waals surface area contributed by atoms with Crippen LogP contribution in [0, 0.1) is 0 Å². The van der Waals surface area contributed by atoms with Gasteiger partial charge in [0, 0.05) is 24.7 Å². The van der Waals surface area contributed by atoms with Gasteiger partial charge in [0.25, 0.3) is 0 Å². The first kappa shape index (κ1) is 12.2. The van der Waals surface area contributed by atoms with Crippen molar-refractivity contribution in [3.63, 3.8) is 0 Å². The molecule has 4 nitrogen and oxygen atoms in total. The molecule has 2 rings (SSSR count). The van der Waals surface area contributed by atoms with Gasteiger partial charge in [-0.15, -0.1) is 0 Å². The number of ether oxygens (including phenoxy) is 1. The zero-order valence-corrected chi connectivity index (χ0v) is 10.3. The molecule has 1 aromatic rings. The predicted molar refractivity (Wildman–Crippen MR) is 65.2 cm³/mol. The molecule has 0 radical (unpaired) electrons. The largest absolute Gasteiger partial charge is 0.508 e. The quantitative estimate of drug-likeness (QED) is 0.824. The maximum atomic E-state index is 9.50. The highest BCUT2D eigenvalue weighted by Gasteiger charge is 2.25. The van der Waals surface area contributed by atoms with Gasteiger partial charge in [-0.05, 0) is 31.5 Å². The summed E-state index contributed by atoms with van der Waals surface area (Å²) in [4.78, 5) is 2.32. The first-order valence-corrected chi connectivity index (χ1v) is 5.94. The number of aromatic hydroxyl groups is 2. The van der Waals surface area contributed by atoms with Crippen LogP contribution in [0.5, 0.6) is 11.5 Å². The van der Waals surface area contributed by atoms with Gasteiger partial charge in [0.15, 0.2) is 0 Å². The van der Waals surface area contributed by atoms with Crippen molar-refractivity contribution < 1.29 is 14.9 Å². The number of phenols is 2. The van der Waals surface area contributed by atoms with Gasteiger partial charge in [-0.2, -0.15) is 0 Å². The fourth-order valence-corrected chi connectivity index (χ4v) is 2.37. The molecule has 2 N–H and O–H groups in total. The molecule has 0 spiro atoms. The van der Waals surface area contributed by atoms with E-state index in [1.54, 1.807) is 12.1 Å². The van der Waals surface area contributed by atoms with E-state index in [-0.39, 0.29) is 17.5 Å². The van der Waals surface area contributed by atoms with Gasteiger partial charge >= 0.3 is 0 Å². The van der Waals surface area contributed by atoms with Gasteiger partial charge in [0.05, 0.1) is 13.2 Å². The lowest BCUT2D eigenvalue weighted by molar-refractivity contribution is -0.0191.